The number of hydrogen-bond donors (Lipinski definition) is 2. The molecule has 66 heavy (non-hydrogen) atoms. The van der Waals surface area contributed by atoms with Crippen molar-refractivity contribution in [3.63, 3.8) is 0 Å². The third kappa shape index (κ3) is 10.3. The Hall–Kier alpha value is -5.30. The molecule has 0 amide bonds. The third-order valence-corrected chi connectivity index (χ3v) is 18.0. The van der Waals surface area contributed by atoms with Crippen LogP contribution in [-0.4, -0.2) is 79.3 Å². The van der Waals surface area contributed by atoms with Crippen LogP contribution in [0.5, 0.6) is 11.5 Å². The molecule has 0 spiro atoms. The van der Waals surface area contributed by atoms with Gasteiger partial charge >= 0.3 is 19.6 Å². The SMILES string of the molecule is COc1ccc(C(OC[C@H]2O[C@@H](n3cc(C)c(=O)[nH]c3=O)C[C@@H]2O[P+](=O)OC[C@H]2O[C@@H](n3cc(C)c(=O)[nH]c3=O)C[C@@H]2O[Si](C)(C)C(C)(C)C)(c2ccccc2)c2ccc(OC)cc2)cc1. The summed E-state index contributed by atoms with van der Waals surface area (Å²) < 4.78 is 66.6. The first-order valence-corrected chi connectivity index (χ1v) is 25.7. The number of hydrogen-bond acceptors (Lipinski definition) is 13. The van der Waals surface area contributed by atoms with Gasteiger partial charge in [-0.15, -0.1) is 9.05 Å². The Morgan fingerprint density at radius 1 is 0.682 bits per heavy atom. The van der Waals surface area contributed by atoms with Gasteiger partial charge in [0.1, 0.15) is 54.5 Å². The summed E-state index contributed by atoms with van der Waals surface area (Å²) in [7, 11) is -2.11. The number of aromatic nitrogens is 4. The molecule has 2 N–H and O–H groups in total. The minimum absolute atomic E-state index is 0.0286. The van der Waals surface area contributed by atoms with E-state index in [-0.39, 0.29) is 36.7 Å². The fourth-order valence-corrected chi connectivity index (χ4v) is 10.1. The number of benzene rings is 3. The van der Waals surface area contributed by atoms with Gasteiger partial charge in [-0.1, -0.05) is 75.4 Å². The zero-order valence-electron chi connectivity index (χ0n) is 38.6. The van der Waals surface area contributed by atoms with Crippen molar-refractivity contribution < 1.29 is 41.7 Å². The first kappa shape index (κ1) is 48.6. The topological polar surface area (TPSA) is 201 Å². The van der Waals surface area contributed by atoms with E-state index in [1.165, 1.54) is 21.5 Å². The lowest BCUT2D eigenvalue weighted by molar-refractivity contribution is -0.0926. The van der Waals surface area contributed by atoms with Gasteiger partial charge in [0.05, 0.1) is 26.9 Å². The molecule has 2 aliphatic rings. The minimum Gasteiger partial charge on any atom is -0.497 e. The van der Waals surface area contributed by atoms with Gasteiger partial charge < -0.3 is 28.1 Å². The van der Waals surface area contributed by atoms with Crippen LogP contribution >= 0.6 is 8.25 Å². The van der Waals surface area contributed by atoms with Crippen LogP contribution in [0.2, 0.25) is 18.1 Å². The van der Waals surface area contributed by atoms with E-state index in [1.807, 2.05) is 78.9 Å². The van der Waals surface area contributed by atoms with E-state index in [4.69, 9.17) is 37.2 Å². The van der Waals surface area contributed by atoms with Crippen LogP contribution in [0.1, 0.15) is 73.9 Å². The van der Waals surface area contributed by atoms with E-state index in [0.717, 1.165) is 16.7 Å². The van der Waals surface area contributed by atoms with E-state index in [1.54, 1.807) is 28.1 Å². The summed E-state index contributed by atoms with van der Waals surface area (Å²) in [6, 6.07) is 24.7. The monoisotopic (exact) mass is 945 g/mol. The summed E-state index contributed by atoms with van der Waals surface area (Å²) >= 11 is 0. The smallest absolute Gasteiger partial charge is 0.497 e. The van der Waals surface area contributed by atoms with Crippen molar-refractivity contribution in [3.05, 3.63) is 161 Å². The van der Waals surface area contributed by atoms with E-state index < -0.39 is 81.5 Å². The van der Waals surface area contributed by atoms with Gasteiger partial charge in [0.2, 0.25) is 0 Å². The number of nitrogens with zero attached hydrogens (tertiary/aromatic N) is 2. The second kappa shape index (κ2) is 19.9. The zero-order valence-corrected chi connectivity index (χ0v) is 40.5. The molecule has 3 aromatic carbocycles. The standard InChI is InChI=1S/C47H57N4O13PSi/c1-29-25-50(44(54)48-42(29)52)40-23-36(63-65(56)60-28-39-37(64-66(8,9)46(3,4)5)24-41(62-39)51-26-30(2)43(53)49-45(51)55)38(61-40)27-59-47(31-13-11-10-12-14-31,32-15-19-34(57-6)20-16-32)33-17-21-35(58-7)22-18-33/h10-22,25-26,36-41H,23-24,27-28H2,1-9H3,(H-,48,49,52,53,54,55)/p+1/t36-,37-,38+,39+,40+,41+/m0/s1. The van der Waals surface area contributed by atoms with Crippen molar-refractivity contribution in [1.29, 1.82) is 0 Å². The van der Waals surface area contributed by atoms with E-state index >= 15 is 0 Å². The van der Waals surface area contributed by atoms with Gasteiger partial charge in [0.25, 0.3) is 11.1 Å². The quantitative estimate of drug-likeness (QED) is 0.0564. The van der Waals surface area contributed by atoms with Crippen molar-refractivity contribution in [2.75, 3.05) is 27.4 Å². The molecule has 0 aliphatic carbocycles. The minimum atomic E-state index is -2.88. The Morgan fingerprint density at radius 2 is 1.14 bits per heavy atom. The van der Waals surface area contributed by atoms with Crippen LogP contribution in [0, 0.1) is 13.8 Å². The highest BCUT2D eigenvalue weighted by atomic mass is 31.1. The maximum Gasteiger partial charge on any atom is 0.697 e. The molecule has 2 aliphatic heterocycles. The number of aromatic amines is 2. The molecule has 2 fully saturated rings. The van der Waals surface area contributed by atoms with Gasteiger partial charge in [-0.25, -0.2) is 9.59 Å². The first-order valence-electron chi connectivity index (χ1n) is 21.7. The molecule has 2 saturated heterocycles. The van der Waals surface area contributed by atoms with E-state index in [9.17, 15) is 23.7 Å². The molecule has 7 rings (SSSR count). The fraction of sp³-hybridized carbons (Fsp3) is 0.447. The molecule has 0 saturated carbocycles. The normalized spacial score (nSPS) is 21.5. The molecular weight excluding hydrogens is 888 g/mol. The fourth-order valence-electron chi connectivity index (χ4n) is 7.99. The van der Waals surface area contributed by atoms with Gasteiger partial charge in [-0.05, 0) is 72.9 Å². The lowest BCUT2D eigenvalue weighted by Crippen LogP contribution is -2.46. The largest absolute Gasteiger partial charge is 0.697 e. The number of nitrogens with one attached hydrogen (secondary N) is 2. The van der Waals surface area contributed by atoms with Crippen molar-refractivity contribution in [3.8, 4) is 11.5 Å². The van der Waals surface area contributed by atoms with Gasteiger partial charge in [-0.3, -0.25) is 28.7 Å². The van der Waals surface area contributed by atoms with Crippen LogP contribution in [0.25, 0.3) is 0 Å². The van der Waals surface area contributed by atoms with Crippen molar-refractivity contribution >= 4 is 16.6 Å². The average Bonchev–Trinajstić information content (AvgIpc) is 3.88. The summed E-state index contributed by atoms with van der Waals surface area (Å²) in [5, 5.41) is -0.169. The van der Waals surface area contributed by atoms with Crippen molar-refractivity contribution in [2.24, 2.45) is 0 Å². The van der Waals surface area contributed by atoms with Crippen LogP contribution in [0.4, 0.5) is 0 Å². The lowest BCUT2D eigenvalue weighted by atomic mass is 9.80. The molecule has 352 valence electrons. The third-order valence-electron chi connectivity index (χ3n) is 12.7. The Kier molecular flexibility index (Phi) is 14.7. The summed E-state index contributed by atoms with van der Waals surface area (Å²) in [5.41, 5.74) is -0.664. The molecule has 7 atom stereocenters. The van der Waals surface area contributed by atoms with Gasteiger partial charge in [0, 0.05) is 40.9 Å². The molecule has 0 bridgehead atoms. The first-order chi connectivity index (χ1) is 31.3. The van der Waals surface area contributed by atoms with Crippen molar-refractivity contribution in [1.82, 2.24) is 19.1 Å². The Balaban J connectivity index is 1.19. The van der Waals surface area contributed by atoms with Crippen LogP contribution in [-0.2, 0) is 37.9 Å². The van der Waals surface area contributed by atoms with Crippen molar-refractivity contribution in [2.45, 2.75) is 108 Å². The number of H-pyrrole nitrogens is 2. The molecule has 2 aromatic heterocycles. The number of methoxy groups -OCH3 is 2. The number of ether oxygens (including phenoxy) is 5. The second-order valence-corrected chi connectivity index (χ2v) is 23.8. The van der Waals surface area contributed by atoms with Crippen LogP contribution < -0.4 is 32.0 Å². The van der Waals surface area contributed by atoms with Crippen LogP contribution in [0.3, 0.4) is 0 Å². The lowest BCUT2D eigenvalue weighted by Gasteiger charge is -2.39. The summed E-state index contributed by atoms with van der Waals surface area (Å²) in [5.74, 6) is 1.29. The molecule has 1 unspecified atom stereocenters. The van der Waals surface area contributed by atoms with E-state index in [2.05, 4.69) is 43.8 Å². The zero-order chi connectivity index (χ0) is 47.6. The molecule has 17 nitrogen and oxygen atoms in total. The second-order valence-electron chi connectivity index (χ2n) is 18.1. The molecular formula is C47H58N4O13PSi+. The highest BCUT2D eigenvalue weighted by molar-refractivity contribution is 7.33. The Bertz CT molecular complexity index is 2690. The maximum atomic E-state index is 14.0. The maximum absolute atomic E-state index is 14.0. The molecule has 4 heterocycles. The summed E-state index contributed by atoms with van der Waals surface area (Å²) in [4.78, 5) is 55.4. The summed E-state index contributed by atoms with van der Waals surface area (Å²) in [6.07, 6.45) is -1.84. The molecule has 19 heteroatoms. The molecule has 5 aromatic rings. The predicted octanol–water partition coefficient (Wildman–Crippen LogP) is 6.75. The number of rotatable bonds is 17. The van der Waals surface area contributed by atoms with Crippen LogP contribution in [0.15, 0.2) is 110 Å². The number of aryl methyl sites for hydroxylation is 2. The summed E-state index contributed by atoms with van der Waals surface area (Å²) in [6.45, 7) is 13.3. The van der Waals surface area contributed by atoms with E-state index in [0.29, 0.717) is 17.1 Å². The highest BCUT2D eigenvalue weighted by Crippen LogP contribution is 2.45. The average molecular weight is 946 g/mol. The Morgan fingerprint density at radius 3 is 1.61 bits per heavy atom. The van der Waals surface area contributed by atoms with Gasteiger partial charge in [0.15, 0.2) is 8.32 Å². The predicted molar refractivity (Wildman–Crippen MR) is 248 cm³/mol. The molecule has 0 radical (unpaired) electrons. The Labute approximate surface area is 384 Å². The van der Waals surface area contributed by atoms with Gasteiger partial charge in [-0.2, -0.15) is 0 Å². The highest BCUT2D eigenvalue weighted by Gasteiger charge is 2.49.